The van der Waals surface area contributed by atoms with Crippen molar-refractivity contribution in [3.63, 3.8) is 0 Å². The molecule has 2 N–H and O–H groups in total. The minimum Gasteiger partial charge on any atom is -0.490 e. The zero-order valence-corrected chi connectivity index (χ0v) is 11.4. The molecule has 2 aromatic rings. The van der Waals surface area contributed by atoms with Gasteiger partial charge in [-0.1, -0.05) is 17.7 Å². The fourth-order valence-electron chi connectivity index (χ4n) is 1.70. The minimum atomic E-state index is -0.104. The third-order valence-corrected chi connectivity index (χ3v) is 3.00. The Morgan fingerprint density at radius 1 is 1.32 bits per heavy atom. The van der Waals surface area contributed by atoms with Crippen LogP contribution in [-0.4, -0.2) is 11.2 Å². The second-order valence-electron chi connectivity index (χ2n) is 4.28. The van der Waals surface area contributed by atoms with Gasteiger partial charge in [0.05, 0.1) is 11.6 Å². The Balaban J connectivity index is 2.02. The first-order chi connectivity index (χ1) is 9.06. The molecule has 0 aliphatic rings. The summed E-state index contributed by atoms with van der Waals surface area (Å²) in [4.78, 5) is 11.6. The van der Waals surface area contributed by atoms with Gasteiger partial charge in [-0.3, -0.25) is 4.79 Å². The molecule has 1 aromatic heterocycles. The zero-order chi connectivity index (χ0) is 13.8. The maximum atomic E-state index is 11.6. The predicted octanol–water partition coefficient (Wildman–Crippen LogP) is 2.47. The average Bonchev–Trinajstić information content (AvgIpc) is 2.38. The summed E-state index contributed by atoms with van der Waals surface area (Å²) >= 11 is 6.02. The topological polar surface area (TPSA) is 57.2 Å². The summed E-state index contributed by atoms with van der Waals surface area (Å²) in [6.07, 6.45) is 1.60. The maximum absolute atomic E-state index is 11.6. The highest BCUT2D eigenvalue weighted by atomic mass is 35.5. The molecule has 0 bridgehead atoms. The Morgan fingerprint density at radius 3 is 2.89 bits per heavy atom. The number of aryl methyl sites for hydroxylation is 1. The fourth-order valence-corrected chi connectivity index (χ4v) is 1.87. The van der Waals surface area contributed by atoms with Crippen molar-refractivity contribution in [1.82, 2.24) is 4.57 Å². The summed E-state index contributed by atoms with van der Waals surface area (Å²) in [6.45, 7) is 2.74. The van der Waals surface area contributed by atoms with Crippen LogP contribution in [0.15, 0.2) is 41.3 Å². The van der Waals surface area contributed by atoms with Crippen molar-refractivity contribution in [2.24, 2.45) is 0 Å². The summed E-state index contributed by atoms with van der Waals surface area (Å²) < 4.78 is 7.10. The largest absolute Gasteiger partial charge is 0.490 e. The van der Waals surface area contributed by atoms with Crippen molar-refractivity contribution < 1.29 is 4.74 Å². The SMILES string of the molecule is Cc1ccc(Cl)c(OCCn2cc(N)ccc2=O)c1. The number of nitrogens with zero attached hydrogens (tertiary/aromatic N) is 1. The quantitative estimate of drug-likeness (QED) is 0.935. The maximum Gasteiger partial charge on any atom is 0.250 e. The lowest BCUT2D eigenvalue weighted by Gasteiger charge is -2.10. The standard InChI is InChI=1S/C14H15ClN2O2/c1-10-2-4-12(15)13(8-10)19-7-6-17-9-11(16)3-5-14(17)18/h2-5,8-9H,6-7,16H2,1H3. The molecule has 0 radical (unpaired) electrons. The molecule has 0 aliphatic carbocycles. The van der Waals surface area contributed by atoms with Crippen molar-refractivity contribution in [3.8, 4) is 5.75 Å². The molecule has 0 aliphatic heterocycles. The Labute approximate surface area is 116 Å². The molecule has 19 heavy (non-hydrogen) atoms. The number of aromatic nitrogens is 1. The van der Waals surface area contributed by atoms with Crippen LogP contribution in [-0.2, 0) is 6.54 Å². The van der Waals surface area contributed by atoms with Gasteiger partial charge >= 0.3 is 0 Å². The average molecular weight is 279 g/mol. The number of halogens is 1. The molecule has 0 fully saturated rings. The number of pyridine rings is 1. The summed E-state index contributed by atoms with van der Waals surface area (Å²) in [7, 11) is 0. The molecule has 0 saturated heterocycles. The number of hydrogen-bond donors (Lipinski definition) is 1. The molecule has 1 aromatic carbocycles. The van der Waals surface area contributed by atoms with E-state index >= 15 is 0 Å². The van der Waals surface area contributed by atoms with Crippen LogP contribution in [0, 0.1) is 6.92 Å². The Bertz CT molecular complexity index is 638. The molecule has 5 heteroatoms. The summed E-state index contributed by atoms with van der Waals surface area (Å²) in [5.41, 5.74) is 7.15. The molecule has 0 atom stereocenters. The first-order valence-electron chi connectivity index (χ1n) is 5.91. The van der Waals surface area contributed by atoms with E-state index in [0.29, 0.717) is 29.6 Å². The van der Waals surface area contributed by atoms with Gasteiger partial charge in [0.25, 0.3) is 5.56 Å². The highest BCUT2D eigenvalue weighted by Crippen LogP contribution is 2.25. The van der Waals surface area contributed by atoms with Gasteiger partial charge in [0.15, 0.2) is 0 Å². The Hall–Kier alpha value is -1.94. The molecular formula is C14H15ClN2O2. The van der Waals surface area contributed by atoms with Crippen LogP contribution in [0.2, 0.25) is 5.02 Å². The minimum absolute atomic E-state index is 0.104. The molecular weight excluding hydrogens is 264 g/mol. The number of nitrogens with two attached hydrogens (primary N) is 1. The van der Waals surface area contributed by atoms with Gasteiger partial charge in [0, 0.05) is 18.0 Å². The lowest BCUT2D eigenvalue weighted by Crippen LogP contribution is -2.22. The van der Waals surface area contributed by atoms with Crippen LogP contribution in [0.1, 0.15) is 5.56 Å². The summed E-state index contributed by atoms with van der Waals surface area (Å²) in [6, 6.07) is 8.59. The van der Waals surface area contributed by atoms with Crippen LogP contribution >= 0.6 is 11.6 Å². The van der Waals surface area contributed by atoms with E-state index < -0.39 is 0 Å². The number of rotatable bonds is 4. The van der Waals surface area contributed by atoms with Crippen molar-refractivity contribution in [3.05, 3.63) is 57.5 Å². The lowest BCUT2D eigenvalue weighted by atomic mass is 10.2. The third kappa shape index (κ3) is 3.51. The highest BCUT2D eigenvalue weighted by molar-refractivity contribution is 6.32. The van der Waals surface area contributed by atoms with Gasteiger partial charge in [0.1, 0.15) is 12.4 Å². The molecule has 0 unspecified atom stereocenters. The van der Waals surface area contributed by atoms with Crippen LogP contribution in [0.3, 0.4) is 0 Å². The number of nitrogen functional groups attached to an aromatic ring is 1. The van der Waals surface area contributed by atoms with Crippen LogP contribution in [0.5, 0.6) is 5.75 Å². The predicted molar refractivity (Wildman–Crippen MR) is 76.8 cm³/mol. The van der Waals surface area contributed by atoms with Gasteiger partial charge in [-0.2, -0.15) is 0 Å². The first-order valence-corrected chi connectivity index (χ1v) is 6.29. The molecule has 2 rings (SSSR count). The van der Waals surface area contributed by atoms with Crippen LogP contribution < -0.4 is 16.0 Å². The van der Waals surface area contributed by atoms with E-state index in [1.165, 1.54) is 10.6 Å². The van der Waals surface area contributed by atoms with E-state index in [9.17, 15) is 4.79 Å². The molecule has 100 valence electrons. The van der Waals surface area contributed by atoms with Crippen LogP contribution in [0.4, 0.5) is 5.69 Å². The molecule has 4 nitrogen and oxygen atoms in total. The molecule has 0 spiro atoms. The molecule has 0 amide bonds. The summed E-state index contributed by atoms with van der Waals surface area (Å²) in [5.74, 6) is 0.624. The fraction of sp³-hybridized carbons (Fsp3) is 0.214. The first kappa shape index (κ1) is 13.5. The summed E-state index contributed by atoms with van der Waals surface area (Å²) in [5, 5.41) is 0.561. The smallest absolute Gasteiger partial charge is 0.250 e. The Morgan fingerprint density at radius 2 is 2.11 bits per heavy atom. The number of hydrogen-bond acceptors (Lipinski definition) is 3. The van der Waals surface area contributed by atoms with E-state index in [0.717, 1.165) is 5.56 Å². The zero-order valence-electron chi connectivity index (χ0n) is 10.6. The third-order valence-electron chi connectivity index (χ3n) is 2.68. The second-order valence-corrected chi connectivity index (χ2v) is 4.68. The number of ether oxygens (including phenoxy) is 1. The van der Waals surface area contributed by atoms with Gasteiger partial charge in [-0.05, 0) is 30.7 Å². The van der Waals surface area contributed by atoms with Gasteiger partial charge in [0.2, 0.25) is 0 Å². The molecule has 0 saturated carbocycles. The second kappa shape index (κ2) is 5.80. The monoisotopic (exact) mass is 278 g/mol. The van der Waals surface area contributed by atoms with Crippen molar-refractivity contribution in [2.45, 2.75) is 13.5 Å². The van der Waals surface area contributed by atoms with Crippen molar-refractivity contribution in [2.75, 3.05) is 12.3 Å². The van der Waals surface area contributed by atoms with E-state index in [2.05, 4.69) is 0 Å². The highest BCUT2D eigenvalue weighted by Gasteiger charge is 2.02. The van der Waals surface area contributed by atoms with Crippen molar-refractivity contribution in [1.29, 1.82) is 0 Å². The van der Waals surface area contributed by atoms with E-state index in [-0.39, 0.29) is 5.56 Å². The van der Waals surface area contributed by atoms with E-state index in [4.69, 9.17) is 22.1 Å². The normalized spacial score (nSPS) is 10.4. The van der Waals surface area contributed by atoms with Crippen molar-refractivity contribution >= 4 is 17.3 Å². The number of anilines is 1. The van der Waals surface area contributed by atoms with Gasteiger partial charge in [-0.25, -0.2) is 0 Å². The number of benzene rings is 1. The van der Waals surface area contributed by atoms with Gasteiger partial charge < -0.3 is 15.0 Å². The molecule has 1 heterocycles. The Kier molecular flexibility index (Phi) is 4.12. The van der Waals surface area contributed by atoms with Gasteiger partial charge in [-0.15, -0.1) is 0 Å². The van der Waals surface area contributed by atoms with E-state index in [1.54, 1.807) is 18.3 Å². The van der Waals surface area contributed by atoms with Crippen LogP contribution in [0.25, 0.3) is 0 Å². The van der Waals surface area contributed by atoms with E-state index in [1.807, 2.05) is 19.1 Å². The lowest BCUT2D eigenvalue weighted by molar-refractivity contribution is 0.296.